The SMILES string of the molecule is Cc1[nH]nc2ncc(NC(=O)C3CCC(NC(=O)CC4CCCCC4)CC3)cc12. The summed E-state index contributed by atoms with van der Waals surface area (Å²) in [4.78, 5) is 29.3. The monoisotopic (exact) mass is 397 g/mol. The maximum Gasteiger partial charge on any atom is 0.227 e. The largest absolute Gasteiger partial charge is 0.353 e. The highest BCUT2D eigenvalue weighted by atomic mass is 16.2. The molecule has 2 aromatic rings. The van der Waals surface area contributed by atoms with Crippen molar-refractivity contribution < 1.29 is 9.59 Å². The molecule has 2 aromatic heterocycles. The van der Waals surface area contributed by atoms with Crippen molar-refractivity contribution in [2.45, 2.75) is 77.2 Å². The van der Waals surface area contributed by atoms with Gasteiger partial charge in [0.25, 0.3) is 0 Å². The molecule has 29 heavy (non-hydrogen) atoms. The van der Waals surface area contributed by atoms with Crippen molar-refractivity contribution in [2.75, 3.05) is 5.32 Å². The summed E-state index contributed by atoms with van der Waals surface area (Å²) in [6, 6.07) is 2.12. The van der Waals surface area contributed by atoms with E-state index in [1.54, 1.807) is 6.20 Å². The molecular weight excluding hydrogens is 366 g/mol. The number of aromatic nitrogens is 3. The summed E-state index contributed by atoms with van der Waals surface area (Å²) in [5, 5.41) is 14.2. The van der Waals surface area contributed by atoms with Crippen LogP contribution in [-0.2, 0) is 9.59 Å². The van der Waals surface area contributed by atoms with Crippen LogP contribution in [0.4, 0.5) is 5.69 Å². The number of rotatable bonds is 5. The first-order chi connectivity index (χ1) is 14.1. The summed E-state index contributed by atoms with van der Waals surface area (Å²) in [6.07, 6.45) is 11.9. The normalized spacial score (nSPS) is 23.1. The van der Waals surface area contributed by atoms with Gasteiger partial charge in [0.05, 0.1) is 11.9 Å². The van der Waals surface area contributed by atoms with E-state index in [0.717, 1.165) is 36.8 Å². The molecule has 0 bridgehead atoms. The summed E-state index contributed by atoms with van der Waals surface area (Å²) < 4.78 is 0. The number of fused-ring (bicyclic) bond motifs is 1. The van der Waals surface area contributed by atoms with Crippen LogP contribution in [0, 0.1) is 18.8 Å². The van der Waals surface area contributed by atoms with Gasteiger partial charge in [0.1, 0.15) is 0 Å². The quantitative estimate of drug-likeness (QED) is 0.713. The number of aromatic amines is 1. The molecule has 156 valence electrons. The number of anilines is 1. The minimum atomic E-state index is -0.0114. The number of nitrogens with one attached hydrogen (secondary N) is 3. The van der Waals surface area contributed by atoms with Crippen LogP contribution in [0.25, 0.3) is 11.0 Å². The van der Waals surface area contributed by atoms with Gasteiger partial charge in [-0.1, -0.05) is 19.3 Å². The molecule has 2 amide bonds. The highest BCUT2D eigenvalue weighted by molar-refractivity contribution is 5.94. The van der Waals surface area contributed by atoms with Gasteiger partial charge in [-0.05, 0) is 57.4 Å². The number of carbonyl (C=O) groups excluding carboxylic acids is 2. The molecule has 2 aliphatic carbocycles. The average Bonchev–Trinajstić information content (AvgIpc) is 3.09. The topological polar surface area (TPSA) is 99.8 Å². The Hall–Kier alpha value is -2.44. The first kappa shape index (κ1) is 19.9. The molecule has 0 aliphatic heterocycles. The number of nitrogens with zero attached hydrogens (tertiary/aromatic N) is 2. The van der Waals surface area contributed by atoms with Crippen molar-refractivity contribution in [2.24, 2.45) is 11.8 Å². The third-order valence-electron chi connectivity index (χ3n) is 6.53. The van der Waals surface area contributed by atoms with Crippen LogP contribution in [0.3, 0.4) is 0 Å². The van der Waals surface area contributed by atoms with Crippen molar-refractivity contribution in [3.05, 3.63) is 18.0 Å². The summed E-state index contributed by atoms with van der Waals surface area (Å²) >= 11 is 0. The fourth-order valence-corrected chi connectivity index (χ4v) is 4.77. The van der Waals surface area contributed by atoms with E-state index in [2.05, 4.69) is 25.8 Å². The third-order valence-corrected chi connectivity index (χ3v) is 6.53. The highest BCUT2D eigenvalue weighted by Crippen LogP contribution is 2.28. The van der Waals surface area contributed by atoms with E-state index in [1.807, 2.05) is 13.0 Å². The molecule has 0 spiro atoms. The van der Waals surface area contributed by atoms with Crippen LogP contribution in [0.2, 0.25) is 0 Å². The number of hydrogen-bond acceptors (Lipinski definition) is 4. The van der Waals surface area contributed by atoms with Gasteiger partial charge in [-0.2, -0.15) is 5.10 Å². The number of H-pyrrole nitrogens is 1. The first-order valence-electron chi connectivity index (χ1n) is 11.0. The molecule has 4 rings (SSSR count). The van der Waals surface area contributed by atoms with Crippen LogP contribution >= 0.6 is 0 Å². The van der Waals surface area contributed by atoms with E-state index in [9.17, 15) is 9.59 Å². The number of aryl methyl sites for hydroxylation is 1. The fourth-order valence-electron chi connectivity index (χ4n) is 4.77. The molecule has 0 saturated heterocycles. The number of amides is 2. The first-order valence-corrected chi connectivity index (χ1v) is 11.0. The second kappa shape index (κ2) is 8.93. The zero-order chi connectivity index (χ0) is 20.2. The van der Waals surface area contributed by atoms with E-state index in [4.69, 9.17) is 0 Å². The number of carbonyl (C=O) groups is 2. The molecule has 0 radical (unpaired) electrons. The fraction of sp³-hybridized carbons (Fsp3) is 0.636. The number of pyridine rings is 1. The van der Waals surface area contributed by atoms with Gasteiger partial charge in [0.15, 0.2) is 5.65 Å². The molecule has 7 nitrogen and oxygen atoms in total. The summed E-state index contributed by atoms with van der Waals surface area (Å²) in [6.45, 7) is 1.94. The molecule has 0 unspecified atom stereocenters. The molecule has 3 N–H and O–H groups in total. The van der Waals surface area contributed by atoms with Gasteiger partial charge in [0.2, 0.25) is 11.8 Å². The van der Waals surface area contributed by atoms with Gasteiger partial charge in [0, 0.05) is 29.5 Å². The van der Waals surface area contributed by atoms with Crippen molar-refractivity contribution in [1.82, 2.24) is 20.5 Å². The van der Waals surface area contributed by atoms with Crippen LogP contribution in [-0.4, -0.2) is 33.0 Å². The van der Waals surface area contributed by atoms with E-state index in [-0.39, 0.29) is 23.8 Å². The van der Waals surface area contributed by atoms with E-state index < -0.39 is 0 Å². The number of hydrogen-bond donors (Lipinski definition) is 3. The van der Waals surface area contributed by atoms with Crippen molar-refractivity contribution in [3.63, 3.8) is 0 Å². The van der Waals surface area contributed by atoms with Crippen LogP contribution in [0.15, 0.2) is 12.3 Å². The minimum absolute atomic E-state index is 0.0114. The van der Waals surface area contributed by atoms with Gasteiger partial charge in [-0.15, -0.1) is 0 Å². The Morgan fingerprint density at radius 2 is 1.86 bits per heavy atom. The van der Waals surface area contributed by atoms with Crippen molar-refractivity contribution in [3.8, 4) is 0 Å². The maximum atomic E-state index is 12.7. The molecular formula is C22H31N5O2. The predicted molar refractivity (Wildman–Crippen MR) is 112 cm³/mol. The maximum absolute atomic E-state index is 12.7. The van der Waals surface area contributed by atoms with E-state index in [1.165, 1.54) is 32.1 Å². The molecule has 2 saturated carbocycles. The average molecular weight is 398 g/mol. The second-order valence-corrected chi connectivity index (χ2v) is 8.76. The van der Waals surface area contributed by atoms with Gasteiger partial charge < -0.3 is 10.6 Å². The Labute approximate surface area is 171 Å². The molecule has 2 heterocycles. The Morgan fingerprint density at radius 3 is 2.62 bits per heavy atom. The van der Waals surface area contributed by atoms with Crippen molar-refractivity contribution in [1.29, 1.82) is 0 Å². The summed E-state index contributed by atoms with van der Waals surface area (Å²) in [7, 11) is 0. The van der Waals surface area contributed by atoms with E-state index >= 15 is 0 Å². The zero-order valence-corrected chi connectivity index (χ0v) is 17.2. The second-order valence-electron chi connectivity index (χ2n) is 8.76. The summed E-state index contributed by atoms with van der Waals surface area (Å²) in [5.74, 6) is 0.789. The lowest BCUT2D eigenvalue weighted by atomic mass is 9.84. The lowest BCUT2D eigenvalue weighted by Gasteiger charge is -2.29. The zero-order valence-electron chi connectivity index (χ0n) is 17.2. The van der Waals surface area contributed by atoms with Gasteiger partial charge in [-0.3, -0.25) is 14.7 Å². The molecule has 0 aromatic carbocycles. The Kier molecular flexibility index (Phi) is 6.11. The van der Waals surface area contributed by atoms with E-state index in [0.29, 0.717) is 23.7 Å². The predicted octanol–water partition coefficient (Wildman–Crippen LogP) is 3.85. The third kappa shape index (κ3) is 4.95. The molecule has 7 heteroatoms. The lowest BCUT2D eigenvalue weighted by molar-refractivity contribution is -0.123. The van der Waals surface area contributed by atoms with Gasteiger partial charge in [-0.25, -0.2) is 4.98 Å². The minimum Gasteiger partial charge on any atom is -0.353 e. The Morgan fingerprint density at radius 1 is 1.10 bits per heavy atom. The summed E-state index contributed by atoms with van der Waals surface area (Å²) in [5.41, 5.74) is 2.30. The highest BCUT2D eigenvalue weighted by Gasteiger charge is 2.28. The Bertz CT molecular complexity index is 863. The standard InChI is InChI=1S/C22H31N5O2/c1-14-19-12-18(13-23-21(19)27-26-14)25-22(29)16-7-9-17(10-8-16)24-20(28)11-15-5-3-2-4-6-15/h12-13,15-17H,2-11H2,1H3,(H,24,28)(H,25,29)(H,23,26,27). The lowest BCUT2D eigenvalue weighted by Crippen LogP contribution is -2.40. The van der Waals surface area contributed by atoms with Crippen molar-refractivity contribution >= 4 is 28.5 Å². The van der Waals surface area contributed by atoms with Gasteiger partial charge >= 0.3 is 0 Å². The Balaban J connectivity index is 1.23. The van der Waals surface area contributed by atoms with Crippen LogP contribution in [0.5, 0.6) is 0 Å². The smallest absolute Gasteiger partial charge is 0.227 e. The van der Waals surface area contributed by atoms with Crippen LogP contribution < -0.4 is 10.6 Å². The van der Waals surface area contributed by atoms with Crippen LogP contribution in [0.1, 0.15) is 69.9 Å². The molecule has 0 atom stereocenters. The molecule has 2 aliphatic rings. The molecule has 2 fully saturated rings.